The van der Waals surface area contributed by atoms with Gasteiger partial charge in [-0.15, -0.1) is 0 Å². The molecule has 1 unspecified atom stereocenters. The van der Waals surface area contributed by atoms with E-state index in [-0.39, 0.29) is 17.2 Å². The average molecular weight is 376 g/mol. The predicted octanol–water partition coefficient (Wildman–Crippen LogP) is 4.32. The first-order valence-corrected chi connectivity index (χ1v) is 13.5. The molecule has 1 fully saturated rings. The van der Waals surface area contributed by atoms with Gasteiger partial charge in [0.05, 0.1) is 31.6 Å². The minimum atomic E-state index is -3.03. The largest absolute Gasteiger partial charge is 0.412 e. The second-order valence-electron chi connectivity index (χ2n) is 7.83. The van der Waals surface area contributed by atoms with Crippen LogP contribution >= 0.6 is 7.60 Å². The Kier molecular flexibility index (Phi) is 8.24. The third-order valence-corrected chi connectivity index (χ3v) is 11.5. The molecule has 5 nitrogen and oxygen atoms in total. The Morgan fingerprint density at radius 2 is 1.75 bits per heavy atom. The van der Waals surface area contributed by atoms with Crippen molar-refractivity contribution >= 4 is 23.8 Å². The summed E-state index contributed by atoms with van der Waals surface area (Å²) in [6.07, 6.45) is 1.51. The molecule has 0 aliphatic carbocycles. The topological polar surface area (TPSA) is 54.0 Å². The molecule has 1 aliphatic heterocycles. The van der Waals surface area contributed by atoms with Gasteiger partial charge in [-0.3, -0.25) is 4.57 Å². The van der Waals surface area contributed by atoms with Gasteiger partial charge < -0.3 is 18.2 Å². The highest BCUT2D eigenvalue weighted by molar-refractivity contribution is 7.53. The van der Waals surface area contributed by atoms with Gasteiger partial charge >= 0.3 is 7.60 Å². The first kappa shape index (κ1) is 22.4. The molecule has 3 atom stereocenters. The quantitative estimate of drug-likeness (QED) is 0.443. The van der Waals surface area contributed by atoms with Crippen LogP contribution in [0.4, 0.5) is 0 Å². The standard InChI is InChI=1S/C16H34BO5PSi/c1-8-19-23(18,20-9-2)11-10-13-12-14(15(17)21-13)22-24(6,7)16(3,4)5/h13-15H,8-12H2,1-7H3/t13-,14?,15-/m1/s1. The van der Waals surface area contributed by atoms with Gasteiger partial charge in [0.25, 0.3) is 0 Å². The lowest BCUT2D eigenvalue weighted by atomic mass is 9.94. The maximum absolute atomic E-state index is 12.5. The molecule has 0 saturated carbocycles. The molecule has 0 aromatic rings. The second kappa shape index (κ2) is 8.83. The van der Waals surface area contributed by atoms with Crippen LogP contribution < -0.4 is 0 Å². The molecule has 0 N–H and O–H groups in total. The van der Waals surface area contributed by atoms with Crippen LogP contribution in [0.15, 0.2) is 0 Å². The predicted molar refractivity (Wildman–Crippen MR) is 101 cm³/mol. The number of hydrogen-bond acceptors (Lipinski definition) is 5. The highest BCUT2D eigenvalue weighted by Gasteiger charge is 2.43. The third kappa shape index (κ3) is 6.26. The maximum atomic E-state index is 12.5. The summed E-state index contributed by atoms with van der Waals surface area (Å²) in [7, 11) is 1.20. The summed E-state index contributed by atoms with van der Waals surface area (Å²) >= 11 is 0. The van der Waals surface area contributed by atoms with E-state index in [0.717, 1.165) is 6.42 Å². The average Bonchev–Trinajstić information content (AvgIpc) is 2.76. The lowest BCUT2D eigenvalue weighted by Crippen LogP contribution is -2.46. The molecular weight excluding hydrogens is 342 g/mol. The van der Waals surface area contributed by atoms with Crippen LogP contribution in [0.25, 0.3) is 0 Å². The van der Waals surface area contributed by atoms with Crippen LogP contribution in [0.3, 0.4) is 0 Å². The lowest BCUT2D eigenvalue weighted by Gasteiger charge is -2.39. The van der Waals surface area contributed by atoms with Crippen molar-refractivity contribution in [2.75, 3.05) is 19.4 Å². The van der Waals surface area contributed by atoms with Crippen molar-refractivity contribution in [3.8, 4) is 0 Å². The fourth-order valence-electron chi connectivity index (χ4n) is 2.48. The smallest absolute Gasteiger partial charge is 0.330 e. The normalized spacial score (nSPS) is 26.0. The van der Waals surface area contributed by atoms with Crippen molar-refractivity contribution in [3.05, 3.63) is 0 Å². The van der Waals surface area contributed by atoms with E-state index < -0.39 is 21.9 Å². The van der Waals surface area contributed by atoms with Crippen molar-refractivity contribution in [3.63, 3.8) is 0 Å². The minimum Gasteiger partial charge on any atom is -0.412 e. The van der Waals surface area contributed by atoms with Gasteiger partial charge in [0.15, 0.2) is 8.32 Å². The van der Waals surface area contributed by atoms with Gasteiger partial charge in [-0.25, -0.2) is 0 Å². The van der Waals surface area contributed by atoms with E-state index in [2.05, 4.69) is 33.9 Å². The Morgan fingerprint density at radius 1 is 1.21 bits per heavy atom. The molecule has 0 bridgehead atoms. The molecule has 2 radical (unpaired) electrons. The van der Waals surface area contributed by atoms with E-state index in [9.17, 15) is 4.57 Å². The van der Waals surface area contributed by atoms with Gasteiger partial charge in [-0.2, -0.15) is 0 Å². The third-order valence-electron chi connectivity index (χ3n) is 4.84. The molecule has 0 spiro atoms. The minimum absolute atomic E-state index is 0.0657. The Bertz CT molecular complexity index is 431. The van der Waals surface area contributed by atoms with Gasteiger partial charge in [-0.05, 0) is 38.4 Å². The van der Waals surface area contributed by atoms with E-state index in [1.807, 2.05) is 13.8 Å². The molecule has 1 rings (SSSR count). The Morgan fingerprint density at radius 3 is 2.21 bits per heavy atom. The van der Waals surface area contributed by atoms with Crippen molar-refractivity contribution < 1.29 is 22.8 Å². The van der Waals surface area contributed by atoms with Crippen molar-refractivity contribution in [2.45, 2.75) is 83.8 Å². The monoisotopic (exact) mass is 376 g/mol. The van der Waals surface area contributed by atoms with Crippen LogP contribution in [-0.4, -0.2) is 53.8 Å². The molecule has 24 heavy (non-hydrogen) atoms. The van der Waals surface area contributed by atoms with Crippen LogP contribution in [0.5, 0.6) is 0 Å². The van der Waals surface area contributed by atoms with E-state index in [1.54, 1.807) is 0 Å². The molecule has 0 aromatic heterocycles. The van der Waals surface area contributed by atoms with Crippen LogP contribution in [0.1, 0.15) is 47.5 Å². The summed E-state index contributed by atoms with van der Waals surface area (Å²) in [5.41, 5.74) is 0. The zero-order valence-electron chi connectivity index (χ0n) is 16.3. The van der Waals surface area contributed by atoms with E-state index >= 15 is 0 Å². The zero-order chi connectivity index (χ0) is 18.6. The first-order valence-electron chi connectivity index (χ1n) is 8.91. The maximum Gasteiger partial charge on any atom is 0.330 e. The van der Waals surface area contributed by atoms with Gasteiger partial charge in [0.1, 0.15) is 7.85 Å². The van der Waals surface area contributed by atoms with Gasteiger partial charge in [0, 0.05) is 12.4 Å². The molecule has 1 saturated heterocycles. The summed E-state index contributed by atoms with van der Waals surface area (Å²) in [6.45, 7) is 15.4. The van der Waals surface area contributed by atoms with Crippen LogP contribution in [0.2, 0.25) is 18.1 Å². The van der Waals surface area contributed by atoms with Crippen molar-refractivity contribution in [1.29, 1.82) is 0 Å². The lowest BCUT2D eigenvalue weighted by molar-refractivity contribution is 0.0608. The van der Waals surface area contributed by atoms with Gasteiger partial charge in [-0.1, -0.05) is 20.8 Å². The fourth-order valence-corrected chi connectivity index (χ4v) is 5.54. The molecular formula is C16H34BO5PSi. The zero-order valence-corrected chi connectivity index (χ0v) is 18.2. The van der Waals surface area contributed by atoms with Crippen molar-refractivity contribution in [2.24, 2.45) is 0 Å². The Hall–Kier alpha value is 0.352. The molecule has 8 heteroatoms. The molecule has 1 heterocycles. The number of ether oxygens (including phenoxy) is 1. The van der Waals surface area contributed by atoms with Crippen molar-refractivity contribution in [1.82, 2.24) is 0 Å². The molecule has 0 aromatic carbocycles. The van der Waals surface area contributed by atoms with E-state index in [4.69, 9.17) is 26.1 Å². The molecule has 140 valence electrons. The Balaban J connectivity index is 2.59. The summed E-state index contributed by atoms with van der Waals surface area (Å²) in [5, 5.41) is 0.129. The molecule has 0 amide bonds. The summed E-state index contributed by atoms with van der Waals surface area (Å²) < 4.78 is 35.4. The SMILES string of the molecule is [B][C@@H]1O[C@H](CCP(=O)(OCC)OCC)CC1O[Si](C)(C)C(C)(C)C. The van der Waals surface area contributed by atoms with Gasteiger partial charge in [0.2, 0.25) is 0 Å². The highest BCUT2D eigenvalue weighted by atomic mass is 31.2. The number of hydrogen-bond donors (Lipinski definition) is 0. The van der Waals surface area contributed by atoms with Crippen LogP contribution in [-0.2, 0) is 22.8 Å². The Labute approximate surface area is 150 Å². The molecule has 1 aliphatic rings. The second-order valence-corrected chi connectivity index (χ2v) is 14.8. The summed E-state index contributed by atoms with van der Waals surface area (Å²) in [4.78, 5) is 0. The number of rotatable bonds is 9. The summed E-state index contributed by atoms with van der Waals surface area (Å²) in [6, 6.07) is -0.428. The summed E-state index contributed by atoms with van der Waals surface area (Å²) in [5.74, 6) is 0. The van der Waals surface area contributed by atoms with E-state index in [1.165, 1.54) is 0 Å². The first-order chi connectivity index (χ1) is 10.9. The van der Waals surface area contributed by atoms with E-state index in [0.29, 0.717) is 25.8 Å². The fraction of sp³-hybridized carbons (Fsp3) is 1.00. The van der Waals surface area contributed by atoms with Crippen LogP contribution in [0, 0.1) is 0 Å². The highest BCUT2D eigenvalue weighted by Crippen LogP contribution is 2.49.